The van der Waals surface area contributed by atoms with Gasteiger partial charge in [-0.15, -0.1) is 0 Å². The van der Waals surface area contributed by atoms with Gasteiger partial charge >= 0.3 is 0 Å². The third-order valence-corrected chi connectivity index (χ3v) is 3.23. The van der Waals surface area contributed by atoms with Crippen molar-refractivity contribution in [1.29, 1.82) is 0 Å². The number of hydrogen-bond donors (Lipinski definition) is 0. The maximum absolute atomic E-state index is 11.5. The summed E-state index contributed by atoms with van der Waals surface area (Å²) < 4.78 is 11.3. The molecule has 0 atom stereocenters. The molecule has 3 rings (SSSR count). The first kappa shape index (κ1) is 9.70. The molecule has 2 aliphatic heterocycles. The Bertz CT molecular complexity index is 474. The Morgan fingerprint density at radius 1 is 1.31 bits per heavy atom. The molecule has 3 heteroatoms. The van der Waals surface area contributed by atoms with Gasteiger partial charge in [0, 0.05) is 5.56 Å². The zero-order valence-corrected chi connectivity index (χ0v) is 9.50. The number of fused-ring (bicyclic) bond motifs is 3. The average molecular weight is 218 g/mol. The van der Waals surface area contributed by atoms with Gasteiger partial charge in [0.25, 0.3) is 0 Å². The van der Waals surface area contributed by atoms with Crippen LogP contribution in [0.1, 0.15) is 36.2 Å². The Labute approximate surface area is 94.4 Å². The lowest BCUT2D eigenvalue weighted by molar-refractivity contribution is 0.0834. The molecule has 0 spiro atoms. The molecular weight excluding hydrogens is 204 g/mol. The highest BCUT2D eigenvalue weighted by molar-refractivity contribution is 6.03. The zero-order chi connectivity index (χ0) is 11.3. The van der Waals surface area contributed by atoms with E-state index >= 15 is 0 Å². The lowest BCUT2D eigenvalue weighted by atomic mass is 9.92. The van der Waals surface area contributed by atoms with E-state index in [1.54, 1.807) is 0 Å². The molecule has 0 unspecified atom stereocenters. The molecule has 3 nitrogen and oxygen atoms in total. The molecule has 0 fully saturated rings. The van der Waals surface area contributed by atoms with Crippen molar-refractivity contribution < 1.29 is 14.3 Å². The Kier molecular flexibility index (Phi) is 1.82. The van der Waals surface area contributed by atoms with Crippen LogP contribution in [0.15, 0.2) is 12.1 Å². The van der Waals surface area contributed by atoms with Gasteiger partial charge in [0.05, 0.1) is 5.56 Å². The Balaban J connectivity index is 2.11. The normalized spacial score (nSPS) is 20.8. The molecule has 0 aliphatic carbocycles. The average Bonchev–Trinajstić information content (AvgIpc) is 2.59. The minimum atomic E-state index is -0.121. The fraction of sp³-hybridized carbons (Fsp3) is 0.462. The number of benzene rings is 1. The molecule has 0 amide bonds. The van der Waals surface area contributed by atoms with Crippen molar-refractivity contribution in [2.75, 3.05) is 6.61 Å². The molecule has 2 heterocycles. The van der Waals surface area contributed by atoms with Crippen molar-refractivity contribution in [2.45, 2.75) is 32.3 Å². The third kappa shape index (κ3) is 1.31. The molecule has 2 aliphatic rings. The molecule has 0 saturated carbocycles. The first-order valence-electron chi connectivity index (χ1n) is 5.58. The van der Waals surface area contributed by atoms with Gasteiger partial charge in [-0.3, -0.25) is 4.79 Å². The minimum Gasteiger partial charge on any atom is -0.487 e. The zero-order valence-electron chi connectivity index (χ0n) is 9.50. The Hall–Kier alpha value is -1.51. The summed E-state index contributed by atoms with van der Waals surface area (Å²) in [6, 6.07) is 3.70. The van der Waals surface area contributed by atoms with Crippen LogP contribution in [0.3, 0.4) is 0 Å². The molecule has 84 valence electrons. The molecule has 16 heavy (non-hydrogen) atoms. The van der Waals surface area contributed by atoms with Gasteiger partial charge in [0.1, 0.15) is 17.1 Å². The van der Waals surface area contributed by atoms with E-state index in [1.165, 1.54) is 0 Å². The number of Topliss-reactive ketones (excluding diaryl/α,β-unsaturated/α-hetero) is 1. The van der Waals surface area contributed by atoms with Gasteiger partial charge in [0.15, 0.2) is 6.61 Å². The lowest BCUT2D eigenvalue weighted by Gasteiger charge is -2.33. The second kappa shape index (κ2) is 3.00. The largest absolute Gasteiger partial charge is 0.487 e. The van der Waals surface area contributed by atoms with Crippen molar-refractivity contribution in [3.8, 4) is 11.5 Å². The topological polar surface area (TPSA) is 35.5 Å². The highest BCUT2D eigenvalue weighted by atomic mass is 16.5. The molecule has 0 radical (unpaired) electrons. The van der Waals surface area contributed by atoms with E-state index in [2.05, 4.69) is 13.8 Å². The van der Waals surface area contributed by atoms with Crippen molar-refractivity contribution in [2.24, 2.45) is 0 Å². The second-order valence-corrected chi connectivity index (χ2v) is 4.99. The van der Waals surface area contributed by atoms with Crippen LogP contribution in [0.4, 0.5) is 0 Å². The van der Waals surface area contributed by atoms with Crippen molar-refractivity contribution >= 4 is 5.78 Å². The molecular formula is C13H14O3. The molecule has 0 N–H and O–H groups in total. The number of rotatable bonds is 0. The number of hydrogen-bond acceptors (Lipinski definition) is 3. The van der Waals surface area contributed by atoms with E-state index in [4.69, 9.17) is 9.47 Å². The van der Waals surface area contributed by atoms with Crippen LogP contribution >= 0.6 is 0 Å². The third-order valence-electron chi connectivity index (χ3n) is 3.23. The molecule has 0 bridgehead atoms. The van der Waals surface area contributed by atoms with E-state index in [0.717, 1.165) is 29.9 Å². The van der Waals surface area contributed by atoms with Crippen LogP contribution in [0.25, 0.3) is 0 Å². The van der Waals surface area contributed by atoms with Gasteiger partial charge in [-0.1, -0.05) is 0 Å². The van der Waals surface area contributed by atoms with E-state index in [1.807, 2.05) is 12.1 Å². The van der Waals surface area contributed by atoms with Crippen LogP contribution in [0, 0.1) is 0 Å². The molecule has 0 aromatic heterocycles. The quantitative estimate of drug-likeness (QED) is 0.670. The summed E-state index contributed by atoms with van der Waals surface area (Å²) in [7, 11) is 0. The van der Waals surface area contributed by atoms with Crippen LogP contribution in [0.5, 0.6) is 11.5 Å². The molecule has 0 saturated heterocycles. The Morgan fingerprint density at radius 2 is 2.12 bits per heavy atom. The maximum Gasteiger partial charge on any atom is 0.203 e. The summed E-state index contributed by atoms with van der Waals surface area (Å²) in [5.74, 6) is 1.69. The van der Waals surface area contributed by atoms with Crippen molar-refractivity contribution in [3.63, 3.8) is 0 Å². The van der Waals surface area contributed by atoms with Gasteiger partial charge < -0.3 is 9.47 Å². The summed E-state index contributed by atoms with van der Waals surface area (Å²) in [4.78, 5) is 11.5. The number of ketones is 1. The van der Waals surface area contributed by atoms with Crippen LogP contribution in [-0.4, -0.2) is 18.0 Å². The van der Waals surface area contributed by atoms with E-state index in [0.29, 0.717) is 5.56 Å². The SMILES string of the molecule is CC1(C)CCc2c(ccc3c2OCC3=O)O1. The van der Waals surface area contributed by atoms with E-state index in [-0.39, 0.29) is 18.0 Å². The first-order valence-corrected chi connectivity index (χ1v) is 5.58. The van der Waals surface area contributed by atoms with Gasteiger partial charge in [-0.2, -0.15) is 0 Å². The lowest BCUT2D eigenvalue weighted by Crippen LogP contribution is -2.32. The summed E-state index contributed by atoms with van der Waals surface area (Å²) >= 11 is 0. The fourth-order valence-electron chi connectivity index (χ4n) is 2.32. The van der Waals surface area contributed by atoms with E-state index in [9.17, 15) is 4.79 Å². The van der Waals surface area contributed by atoms with Crippen molar-refractivity contribution in [3.05, 3.63) is 23.3 Å². The maximum atomic E-state index is 11.5. The highest BCUT2D eigenvalue weighted by Gasteiger charge is 2.32. The molecule has 1 aromatic carbocycles. The summed E-state index contributed by atoms with van der Waals surface area (Å²) in [5.41, 5.74) is 1.65. The standard InChI is InChI=1S/C13H14O3/c1-13(2)6-5-9-11(16-13)4-3-8-10(14)7-15-12(8)9/h3-4H,5-7H2,1-2H3. The second-order valence-electron chi connectivity index (χ2n) is 4.99. The van der Waals surface area contributed by atoms with Crippen LogP contribution in [-0.2, 0) is 6.42 Å². The predicted molar refractivity (Wildman–Crippen MR) is 59.3 cm³/mol. The smallest absolute Gasteiger partial charge is 0.203 e. The summed E-state index contributed by atoms with van der Waals surface area (Å²) in [5, 5.41) is 0. The highest BCUT2D eigenvalue weighted by Crippen LogP contribution is 2.42. The first-order chi connectivity index (χ1) is 7.57. The van der Waals surface area contributed by atoms with Gasteiger partial charge in [-0.25, -0.2) is 0 Å². The summed E-state index contributed by atoms with van der Waals surface area (Å²) in [6.45, 7) is 4.33. The number of carbonyl (C=O) groups excluding carboxylic acids is 1. The van der Waals surface area contributed by atoms with Crippen LogP contribution in [0.2, 0.25) is 0 Å². The Morgan fingerprint density at radius 3 is 2.94 bits per heavy atom. The van der Waals surface area contributed by atoms with Gasteiger partial charge in [-0.05, 0) is 38.8 Å². The minimum absolute atomic E-state index is 0.0719. The monoisotopic (exact) mass is 218 g/mol. The number of ether oxygens (including phenoxy) is 2. The van der Waals surface area contributed by atoms with Gasteiger partial charge in [0.2, 0.25) is 5.78 Å². The van der Waals surface area contributed by atoms with E-state index < -0.39 is 0 Å². The number of carbonyl (C=O) groups is 1. The fourth-order valence-corrected chi connectivity index (χ4v) is 2.32. The van der Waals surface area contributed by atoms with Crippen LogP contribution < -0.4 is 9.47 Å². The van der Waals surface area contributed by atoms with Crippen molar-refractivity contribution in [1.82, 2.24) is 0 Å². The molecule has 1 aromatic rings. The summed E-state index contributed by atoms with van der Waals surface area (Å²) in [6.07, 6.45) is 1.87. The predicted octanol–water partition coefficient (Wildman–Crippen LogP) is 2.37.